The number of aromatic nitrogens is 3. The molecule has 7 nitrogen and oxygen atoms in total. The predicted octanol–water partition coefficient (Wildman–Crippen LogP) is 6.44. The molecule has 0 N–H and O–H groups in total. The second-order valence-electron chi connectivity index (χ2n) is 11.5. The summed E-state index contributed by atoms with van der Waals surface area (Å²) in [6.45, 7) is 13.5. The van der Waals surface area contributed by atoms with Crippen molar-refractivity contribution in [2.75, 3.05) is 39.8 Å². The van der Waals surface area contributed by atoms with Crippen molar-refractivity contribution in [3.05, 3.63) is 53.9 Å². The van der Waals surface area contributed by atoms with Gasteiger partial charge in [-0.3, -0.25) is 9.69 Å². The molecule has 0 spiro atoms. The molecule has 0 unspecified atom stereocenters. The fourth-order valence-corrected chi connectivity index (χ4v) is 4.95. The van der Waals surface area contributed by atoms with Crippen molar-refractivity contribution < 1.29 is 9.53 Å². The van der Waals surface area contributed by atoms with Crippen molar-refractivity contribution >= 4 is 17.6 Å². The highest BCUT2D eigenvalue weighted by molar-refractivity contribution is 5.93. The quantitative estimate of drug-likeness (QED) is 0.269. The second kappa shape index (κ2) is 13.7. The average Bonchev–Trinajstić information content (AvgIpc) is 3.30. The average molecular weight is 532 g/mol. The number of carbonyl (C=O) groups is 1. The first kappa shape index (κ1) is 28.8. The number of hydrogen-bond donors (Lipinski definition) is 0. The highest BCUT2D eigenvalue weighted by Gasteiger charge is 2.21. The number of nitrogens with zero attached hydrogens (tertiary/aromatic N) is 5. The van der Waals surface area contributed by atoms with E-state index in [4.69, 9.17) is 14.8 Å². The van der Waals surface area contributed by atoms with E-state index in [0.717, 1.165) is 68.1 Å². The van der Waals surface area contributed by atoms with Gasteiger partial charge in [-0.2, -0.15) is 5.10 Å². The van der Waals surface area contributed by atoms with Gasteiger partial charge in [0.05, 0.1) is 7.11 Å². The van der Waals surface area contributed by atoms with Gasteiger partial charge in [0.1, 0.15) is 17.1 Å². The highest BCUT2D eigenvalue weighted by atomic mass is 16.5. The lowest BCUT2D eigenvalue weighted by Gasteiger charge is -2.24. The SMILES string of the molecule is COc1ccc(-c2nn3ccc(C(=O)N(CCC(C)C)CCC(C)C)nc3c2C=CCN2CCCCC2)cc1. The Kier molecular flexibility index (Phi) is 10.2. The van der Waals surface area contributed by atoms with Crippen LogP contribution in [0.5, 0.6) is 5.75 Å². The Morgan fingerprint density at radius 1 is 1.00 bits per heavy atom. The molecule has 1 aromatic carbocycles. The summed E-state index contributed by atoms with van der Waals surface area (Å²) in [4.78, 5) is 23.1. The maximum atomic E-state index is 13.7. The maximum absolute atomic E-state index is 13.7. The van der Waals surface area contributed by atoms with Crippen LogP contribution >= 0.6 is 0 Å². The Hall–Kier alpha value is -3.19. The number of rotatable bonds is 12. The summed E-state index contributed by atoms with van der Waals surface area (Å²) in [6.07, 6.45) is 12.0. The van der Waals surface area contributed by atoms with Crippen LogP contribution in [0.1, 0.15) is 75.9 Å². The molecule has 0 atom stereocenters. The van der Waals surface area contributed by atoms with E-state index in [1.54, 1.807) is 17.7 Å². The largest absolute Gasteiger partial charge is 0.497 e. The summed E-state index contributed by atoms with van der Waals surface area (Å²) in [5.74, 6) is 1.87. The fraction of sp³-hybridized carbons (Fsp3) is 0.531. The Morgan fingerprint density at radius 2 is 1.67 bits per heavy atom. The van der Waals surface area contributed by atoms with Gasteiger partial charge >= 0.3 is 0 Å². The van der Waals surface area contributed by atoms with Crippen LogP contribution in [0.15, 0.2) is 42.6 Å². The number of likely N-dealkylation sites (tertiary alicyclic amines) is 1. The molecular formula is C32H45N5O2. The van der Waals surface area contributed by atoms with Crippen LogP contribution in [0.25, 0.3) is 23.0 Å². The number of benzene rings is 1. The molecule has 0 saturated carbocycles. The molecule has 2 aromatic heterocycles. The Bertz CT molecular complexity index is 1230. The smallest absolute Gasteiger partial charge is 0.272 e. The molecular weight excluding hydrogens is 486 g/mol. The summed E-state index contributed by atoms with van der Waals surface area (Å²) in [5, 5.41) is 4.89. The first-order chi connectivity index (χ1) is 18.9. The lowest BCUT2D eigenvalue weighted by Crippen LogP contribution is -2.34. The number of fused-ring (bicyclic) bond motifs is 1. The first-order valence-electron chi connectivity index (χ1n) is 14.6. The highest BCUT2D eigenvalue weighted by Crippen LogP contribution is 2.28. The van der Waals surface area contributed by atoms with Crippen molar-refractivity contribution in [1.82, 2.24) is 24.4 Å². The van der Waals surface area contributed by atoms with Gasteiger partial charge in [0, 0.05) is 37.0 Å². The molecule has 4 rings (SSSR count). The first-order valence-corrected chi connectivity index (χ1v) is 14.6. The van der Waals surface area contributed by atoms with Crippen LogP contribution in [0.2, 0.25) is 0 Å². The predicted molar refractivity (Wildman–Crippen MR) is 159 cm³/mol. The van der Waals surface area contributed by atoms with Crippen molar-refractivity contribution in [1.29, 1.82) is 0 Å². The number of hydrogen-bond acceptors (Lipinski definition) is 5. The van der Waals surface area contributed by atoms with Crippen molar-refractivity contribution in [3.63, 3.8) is 0 Å². The van der Waals surface area contributed by atoms with Gasteiger partial charge in [-0.25, -0.2) is 9.50 Å². The van der Waals surface area contributed by atoms with Gasteiger partial charge in [-0.1, -0.05) is 46.3 Å². The van der Waals surface area contributed by atoms with Gasteiger partial charge in [0.2, 0.25) is 0 Å². The number of methoxy groups -OCH3 is 1. The van der Waals surface area contributed by atoms with Gasteiger partial charge in [0.25, 0.3) is 5.91 Å². The molecule has 0 radical (unpaired) electrons. The second-order valence-corrected chi connectivity index (χ2v) is 11.5. The molecule has 1 aliphatic heterocycles. The molecule has 0 aliphatic carbocycles. The lowest BCUT2D eigenvalue weighted by atomic mass is 10.1. The van der Waals surface area contributed by atoms with Crippen molar-refractivity contribution in [2.24, 2.45) is 11.8 Å². The monoisotopic (exact) mass is 531 g/mol. The van der Waals surface area contributed by atoms with Gasteiger partial charge in [-0.05, 0) is 80.9 Å². The molecule has 1 amide bonds. The topological polar surface area (TPSA) is 63.0 Å². The van der Waals surface area contributed by atoms with Gasteiger partial charge in [-0.15, -0.1) is 0 Å². The van der Waals surface area contributed by atoms with Crippen LogP contribution in [0, 0.1) is 11.8 Å². The molecule has 1 saturated heterocycles. The summed E-state index contributed by atoms with van der Waals surface area (Å²) >= 11 is 0. The zero-order valence-corrected chi connectivity index (χ0v) is 24.4. The minimum Gasteiger partial charge on any atom is -0.497 e. The van der Waals surface area contributed by atoms with E-state index in [0.29, 0.717) is 23.2 Å². The van der Waals surface area contributed by atoms with E-state index in [1.807, 2.05) is 35.4 Å². The zero-order valence-electron chi connectivity index (χ0n) is 24.4. The van der Waals surface area contributed by atoms with E-state index < -0.39 is 0 Å². The van der Waals surface area contributed by atoms with Crippen molar-refractivity contribution in [2.45, 2.75) is 59.8 Å². The van der Waals surface area contributed by atoms with E-state index in [-0.39, 0.29) is 5.91 Å². The van der Waals surface area contributed by atoms with E-state index >= 15 is 0 Å². The normalized spacial score (nSPS) is 14.6. The minimum absolute atomic E-state index is 0.00533. The Labute approximate surface area is 233 Å². The Morgan fingerprint density at radius 3 is 2.28 bits per heavy atom. The van der Waals surface area contributed by atoms with Crippen LogP contribution in [-0.2, 0) is 0 Å². The van der Waals surface area contributed by atoms with Crippen molar-refractivity contribution in [3.8, 4) is 17.0 Å². The van der Waals surface area contributed by atoms with E-state index in [9.17, 15) is 4.79 Å². The fourth-order valence-electron chi connectivity index (χ4n) is 4.95. The third kappa shape index (κ3) is 7.69. The Balaban J connectivity index is 1.69. The van der Waals surface area contributed by atoms with E-state index in [2.05, 4.69) is 44.7 Å². The minimum atomic E-state index is -0.00533. The number of amides is 1. The summed E-state index contributed by atoms with van der Waals surface area (Å²) in [5.41, 5.74) is 3.95. The number of piperidine rings is 1. The molecule has 3 heterocycles. The van der Waals surface area contributed by atoms with Gasteiger partial charge in [0.15, 0.2) is 5.65 Å². The summed E-state index contributed by atoms with van der Waals surface area (Å²) in [7, 11) is 1.67. The molecule has 3 aromatic rings. The van der Waals surface area contributed by atoms with E-state index in [1.165, 1.54) is 19.3 Å². The molecule has 39 heavy (non-hydrogen) atoms. The molecule has 7 heteroatoms. The maximum Gasteiger partial charge on any atom is 0.272 e. The zero-order chi connectivity index (χ0) is 27.8. The summed E-state index contributed by atoms with van der Waals surface area (Å²) < 4.78 is 7.16. The molecule has 1 aliphatic rings. The molecule has 0 bridgehead atoms. The molecule has 210 valence electrons. The van der Waals surface area contributed by atoms with Crippen LogP contribution < -0.4 is 4.74 Å². The lowest BCUT2D eigenvalue weighted by molar-refractivity contribution is 0.0735. The molecule has 1 fully saturated rings. The van der Waals surface area contributed by atoms with Crippen LogP contribution in [-0.4, -0.2) is 70.1 Å². The van der Waals surface area contributed by atoms with Crippen LogP contribution in [0.4, 0.5) is 0 Å². The third-order valence-electron chi connectivity index (χ3n) is 7.44. The standard InChI is InChI=1S/C32H45N5O2/c1-24(2)15-21-36(22-16-25(3)4)32(38)29-17-23-37-31(33-29)28(10-9-20-35-18-7-6-8-19-35)30(34-37)26-11-13-27(39-5)14-12-26/h9-14,17,23-25H,6-8,15-16,18-22H2,1-5H3. The number of ether oxygens (including phenoxy) is 1. The van der Waals surface area contributed by atoms with Gasteiger partial charge < -0.3 is 9.64 Å². The number of carbonyl (C=O) groups excluding carboxylic acids is 1. The summed E-state index contributed by atoms with van der Waals surface area (Å²) in [6, 6.07) is 9.75. The third-order valence-corrected chi connectivity index (χ3v) is 7.44. The van der Waals surface area contributed by atoms with Crippen LogP contribution in [0.3, 0.4) is 0 Å².